The van der Waals surface area contributed by atoms with E-state index in [1.165, 1.54) is 35.3 Å². The molecule has 1 spiro atoms. The molecule has 1 atom stereocenters. The van der Waals surface area contributed by atoms with E-state index in [2.05, 4.69) is 22.9 Å². The SMILES string of the molecule is C[C@@H]1COc2cc(C3CC3)ncc2CN1C1CC2(C1)CN(S(=O)(=O)c1ccccc1F)C2. The first kappa shape index (κ1) is 20.6. The number of halogens is 1. The van der Waals surface area contributed by atoms with E-state index >= 15 is 0 Å². The molecule has 6 nitrogen and oxygen atoms in total. The molecular weight excluding hydrogens is 429 g/mol. The standard InChI is InChI=1S/C24H28FN3O3S/c1-16-13-31-22-8-21(17-6-7-17)26-11-18(22)12-28(16)19-9-24(10-19)14-27(15-24)32(29,30)23-5-3-2-4-20(23)25/h2-5,8,11,16-17,19H,6-7,9-10,12-15H2,1H3/t16-/m1/s1. The fraction of sp³-hybridized carbons (Fsp3) is 0.542. The van der Waals surface area contributed by atoms with Crippen molar-refractivity contribution in [3.8, 4) is 5.75 Å². The van der Waals surface area contributed by atoms with Gasteiger partial charge in [-0.15, -0.1) is 0 Å². The molecule has 8 heteroatoms. The van der Waals surface area contributed by atoms with E-state index in [9.17, 15) is 12.8 Å². The van der Waals surface area contributed by atoms with E-state index in [0.29, 0.717) is 31.7 Å². The van der Waals surface area contributed by atoms with Crippen molar-refractivity contribution in [2.75, 3.05) is 19.7 Å². The zero-order chi connectivity index (χ0) is 22.1. The average molecular weight is 458 g/mol. The number of sulfonamides is 1. The predicted octanol–water partition coefficient (Wildman–Crippen LogP) is 3.53. The minimum absolute atomic E-state index is 0.0206. The van der Waals surface area contributed by atoms with Crippen molar-refractivity contribution in [3.63, 3.8) is 0 Å². The molecule has 3 fully saturated rings. The van der Waals surface area contributed by atoms with E-state index in [4.69, 9.17) is 4.74 Å². The smallest absolute Gasteiger partial charge is 0.246 e. The van der Waals surface area contributed by atoms with Crippen molar-refractivity contribution >= 4 is 10.0 Å². The van der Waals surface area contributed by atoms with Crippen LogP contribution < -0.4 is 4.74 Å². The van der Waals surface area contributed by atoms with Crippen LogP contribution in [0.2, 0.25) is 0 Å². The lowest BCUT2D eigenvalue weighted by molar-refractivity contribution is -0.0890. The van der Waals surface area contributed by atoms with Crippen molar-refractivity contribution in [2.45, 2.75) is 62.0 Å². The molecule has 6 rings (SSSR count). The van der Waals surface area contributed by atoms with Crippen LogP contribution in [0.15, 0.2) is 41.4 Å². The fourth-order valence-corrected chi connectivity index (χ4v) is 7.31. The van der Waals surface area contributed by atoms with Gasteiger partial charge in [-0.25, -0.2) is 12.8 Å². The maximum Gasteiger partial charge on any atom is 0.246 e. The number of benzene rings is 1. The maximum absolute atomic E-state index is 14.0. The van der Waals surface area contributed by atoms with E-state index in [1.54, 1.807) is 6.07 Å². The molecule has 0 radical (unpaired) electrons. The molecule has 3 heterocycles. The van der Waals surface area contributed by atoms with Gasteiger partial charge in [0.25, 0.3) is 0 Å². The largest absolute Gasteiger partial charge is 0.492 e. The van der Waals surface area contributed by atoms with Crippen LogP contribution in [0.4, 0.5) is 4.39 Å². The summed E-state index contributed by atoms with van der Waals surface area (Å²) in [5.74, 6) is 0.890. The highest BCUT2D eigenvalue weighted by Crippen LogP contribution is 2.52. The van der Waals surface area contributed by atoms with Crippen molar-refractivity contribution in [3.05, 3.63) is 53.6 Å². The van der Waals surface area contributed by atoms with E-state index in [1.807, 2.05) is 6.20 Å². The third-order valence-corrected chi connectivity index (χ3v) is 9.47. The number of nitrogens with zero attached hydrogens (tertiary/aromatic N) is 3. The molecule has 170 valence electrons. The molecule has 0 N–H and O–H groups in total. The van der Waals surface area contributed by atoms with Gasteiger partial charge < -0.3 is 4.74 Å². The number of hydrogen-bond acceptors (Lipinski definition) is 5. The van der Waals surface area contributed by atoms with Crippen LogP contribution in [0.25, 0.3) is 0 Å². The molecule has 2 aliphatic carbocycles. The van der Waals surface area contributed by atoms with Crippen LogP contribution in [-0.4, -0.2) is 54.4 Å². The Labute approximate surface area is 188 Å². The summed E-state index contributed by atoms with van der Waals surface area (Å²) in [6, 6.07) is 8.43. The molecule has 0 unspecified atom stereocenters. The highest BCUT2D eigenvalue weighted by atomic mass is 32.2. The minimum atomic E-state index is -3.77. The van der Waals surface area contributed by atoms with Gasteiger partial charge in [0.1, 0.15) is 23.1 Å². The molecule has 2 aromatic rings. The van der Waals surface area contributed by atoms with Gasteiger partial charge in [0, 0.05) is 66.6 Å². The Kier molecular flexibility index (Phi) is 4.65. The van der Waals surface area contributed by atoms with Crippen LogP contribution in [0.5, 0.6) is 5.75 Å². The lowest BCUT2D eigenvalue weighted by atomic mass is 9.61. The van der Waals surface area contributed by atoms with Gasteiger partial charge >= 0.3 is 0 Å². The highest BCUT2D eigenvalue weighted by Gasteiger charge is 2.57. The topological polar surface area (TPSA) is 62.7 Å². The van der Waals surface area contributed by atoms with Gasteiger partial charge in [-0.1, -0.05) is 12.1 Å². The number of aromatic nitrogens is 1. The summed E-state index contributed by atoms with van der Waals surface area (Å²) in [6.07, 6.45) is 6.35. The van der Waals surface area contributed by atoms with Crippen LogP contribution >= 0.6 is 0 Å². The summed E-state index contributed by atoms with van der Waals surface area (Å²) in [5, 5.41) is 0. The molecule has 1 aromatic carbocycles. The normalized spacial score (nSPS) is 26.0. The number of fused-ring (bicyclic) bond motifs is 1. The zero-order valence-corrected chi connectivity index (χ0v) is 19.0. The van der Waals surface area contributed by atoms with Crippen LogP contribution in [0.1, 0.15) is 49.8 Å². The summed E-state index contributed by atoms with van der Waals surface area (Å²) in [6.45, 7) is 4.61. The third-order valence-electron chi connectivity index (χ3n) is 7.64. The molecule has 1 saturated heterocycles. The monoisotopic (exact) mass is 457 g/mol. The Balaban J connectivity index is 1.12. The first-order valence-corrected chi connectivity index (χ1v) is 12.9. The second kappa shape index (κ2) is 7.23. The zero-order valence-electron chi connectivity index (χ0n) is 18.2. The predicted molar refractivity (Wildman–Crippen MR) is 117 cm³/mol. The van der Waals surface area contributed by atoms with Gasteiger partial charge in [0.05, 0.1) is 0 Å². The number of pyridine rings is 1. The summed E-state index contributed by atoms with van der Waals surface area (Å²) in [7, 11) is -3.77. The Hall–Kier alpha value is -2.03. The lowest BCUT2D eigenvalue weighted by Gasteiger charge is -2.60. The summed E-state index contributed by atoms with van der Waals surface area (Å²) < 4.78 is 47.2. The molecule has 2 aliphatic heterocycles. The number of hydrogen-bond donors (Lipinski definition) is 0. The Morgan fingerprint density at radius 1 is 1.19 bits per heavy atom. The fourth-order valence-electron chi connectivity index (χ4n) is 5.58. The van der Waals surface area contributed by atoms with Crippen LogP contribution in [0.3, 0.4) is 0 Å². The van der Waals surface area contributed by atoms with Crippen molar-refractivity contribution < 1.29 is 17.5 Å². The minimum Gasteiger partial charge on any atom is -0.492 e. The number of ether oxygens (including phenoxy) is 1. The Bertz CT molecular complexity index is 1150. The van der Waals surface area contributed by atoms with E-state index in [0.717, 1.165) is 36.4 Å². The van der Waals surface area contributed by atoms with Crippen molar-refractivity contribution in [1.29, 1.82) is 0 Å². The van der Waals surface area contributed by atoms with Crippen molar-refractivity contribution in [2.24, 2.45) is 5.41 Å². The van der Waals surface area contributed by atoms with Crippen molar-refractivity contribution in [1.82, 2.24) is 14.2 Å². The van der Waals surface area contributed by atoms with Gasteiger partial charge in [-0.2, -0.15) is 4.31 Å². The lowest BCUT2D eigenvalue weighted by Crippen LogP contribution is -2.68. The number of rotatable bonds is 4. The average Bonchev–Trinajstić information content (AvgIpc) is 3.55. The summed E-state index contributed by atoms with van der Waals surface area (Å²) in [4.78, 5) is 6.94. The van der Waals surface area contributed by atoms with Crippen LogP contribution in [-0.2, 0) is 16.6 Å². The first-order valence-electron chi connectivity index (χ1n) is 11.5. The molecule has 1 aromatic heterocycles. The Morgan fingerprint density at radius 3 is 2.66 bits per heavy atom. The Morgan fingerprint density at radius 2 is 1.94 bits per heavy atom. The maximum atomic E-state index is 14.0. The molecule has 4 aliphatic rings. The van der Waals surface area contributed by atoms with E-state index in [-0.39, 0.29) is 16.4 Å². The van der Waals surface area contributed by atoms with Crippen LogP contribution in [0, 0.1) is 11.2 Å². The highest BCUT2D eigenvalue weighted by molar-refractivity contribution is 7.89. The van der Waals surface area contributed by atoms with Gasteiger partial charge in [-0.3, -0.25) is 9.88 Å². The van der Waals surface area contributed by atoms with E-state index < -0.39 is 15.8 Å². The first-order chi connectivity index (χ1) is 15.3. The second-order valence-electron chi connectivity index (χ2n) is 10.1. The second-order valence-corrected chi connectivity index (χ2v) is 12.0. The summed E-state index contributed by atoms with van der Waals surface area (Å²) in [5.41, 5.74) is 2.31. The molecule has 0 amide bonds. The van der Waals surface area contributed by atoms with Gasteiger partial charge in [0.2, 0.25) is 10.0 Å². The summed E-state index contributed by atoms with van der Waals surface area (Å²) >= 11 is 0. The molecule has 0 bridgehead atoms. The molecular formula is C24H28FN3O3S. The van der Waals surface area contributed by atoms with Gasteiger partial charge in [-0.05, 0) is 44.7 Å². The third kappa shape index (κ3) is 3.35. The van der Waals surface area contributed by atoms with Gasteiger partial charge in [0.15, 0.2) is 0 Å². The quantitative estimate of drug-likeness (QED) is 0.703. The molecule has 32 heavy (non-hydrogen) atoms. The molecule has 2 saturated carbocycles.